The Kier molecular flexibility index (Phi) is 2.55. The molecule has 6 rings (SSSR count). The maximum absolute atomic E-state index is 12.9. The van der Waals surface area contributed by atoms with E-state index in [9.17, 15) is 9.59 Å². The highest BCUT2D eigenvalue weighted by Crippen LogP contribution is 2.76. The number of esters is 2. The van der Waals surface area contributed by atoms with Gasteiger partial charge in [0.15, 0.2) is 0 Å². The Balaban J connectivity index is 1.49. The van der Waals surface area contributed by atoms with Gasteiger partial charge in [-0.1, -0.05) is 19.1 Å². The molecular weight excluding hydrogens is 336 g/mol. The second-order valence-corrected chi connectivity index (χ2v) is 8.60. The van der Waals surface area contributed by atoms with Crippen LogP contribution in [0.5, 0.6) is 0 Å². The van der Waals surface area contributed by atoms with Gasteiger partial charge in [-0.3, -0.25) is 9.59 Å². The van der Waals surface area contributed by atoms with Gasteiger partial charge in [-0.15, -0.1) is 0 Å². The molecule has 5 aliphatic rings. The van der Waals surface area contributed by atoms with Crippen molar-refractivity contribution in [3.05, 3.63) is 36.3 Å². The average molecular weight is 356 g/mol. The Morgan fingerprint density at radius 2 is 2.08 bits per heavy atom. The number of furan rings is 1. The van der Waals surface area contributed by atoms with E-state index in [1.165, 1.54) is 0 Å². The van der Waals surface area contributed by atoms with Crippen LogP contribution in [-0.4, -0.2) is 30.3 Å². The molecule has 1 aromatic rings. The first kappa shape index (κ1) is 15.0. The molecule has 0 N–H and O–H groups in total. The first-order valence-electron chi connectivity index (χ1n) is 9.27. The van der Waals surface area contributed by atoms with E-state index in [0.29, 0.717) is 19.4 Å². The van der Waals surface area contributed by atoms with Crippen LogP contribution in [0.15, 0.2) is 35.2 Å². The zero-order valence-corrected chi connectivity index (χ0v) is 14.5. The van der Waals surface area contributed by atoms with Gasteiger partial charge in [0, 0.05) is 11.0 Å². The van der Waals surface area contributed by atoms with Gasteiger partial charge in [-0.05, 0) is 25.3 Å². The molecule has 136 valence electrons. The molecule has 6 nitrogen and oxygen atoms in total. The van der Waals surface area contributed by atoms with E-state index >= 15 is 0 Å². The molecule has 26 heavy (non-hydrogen) atoms. The molecule has 6 heteroatoms. The summed E-state index contributed by atoms with van der Waals surface area (Å²) >= 11 is 0. The van der Waals surface area contributed by atoms with Gasteiger partial charge in [-0.2, -0.15) is 0 Å². The summed E-state index contributed by atoms with van der Waals surface area (Å²) in [5.74, 6) is -0.824. The number of epoxide rings is 1. The fraction of sp³-hybridized carbons (Fsp3) is 0.600. The highest BCUT2D eigenvalue weighted by atomic mass is 16.6. The summed E-state index contributed by atoms with van der Waals surface area (Å²) in [4.78, 5) is 25.3. The van der Waals surface area contributed by atoms with Crippen molar-refractivity contribution >= 4 is 11.9 Å². The van der Waals surface area contributed by atoms with Gasteiger partial charge < -0.3 is 18.6 Å². The van der Waals surface area contributed by atoms with E-state index < -0.39 is 11.0 Å². The van der Waals surface area contributed by atoms with Gasteiger partial charge in [0.05, 0.1) is 29.8 Å². The molecule has 0 bridgehead atoms. The monoisotopic (exact) mass is 356 g/mol. The van der Waals surface area contributed by atoms with E-state index in [4.69, 9.17) is 18.6 Å². The summed E-state index contributed by atoms with van der Waals surface area (Å²) in [6.07, 6.45) is 8.89. The lowest BCUT2D eigenvalue weighted by atomic mass is 9.44. The summed E-state index contributed by atoms with van der Waals surface area (Å²) in [6.45, 7) is 2.52. The number of hydrogen-bond donors (Lipinski definition) is 0. The van der Waals surface area contributed by atoms with Gasteiger partial charge in [0.1, 0.15) is 24.4 Å². The minimum atomic E-state index is -0.532. The first-order chi connectivity index (χ1) is 12.5. The number of hydrogen-bond acceptors (Lipinski definition) is 6. The molecule has 7 unspecified atom stereocenters. The number of cyclic esters (lactones) is 2. The van der Waals surface area contributed by atoms with Gasteiger partial charge in [-0.25, -0.2) is 0 Å². The predicted molar refractivity (Wildman–Crippen MR) is 86.6 cm³/mol. The van der Waals surface area contributed by atoms with Crippen molar-refractivity contribution in [2.24, 2.45) is 22.7 Å². The summed E-state index contributed by atoms with van der Waals surface area (Å²) in [5, 5.41) is 0. The van der Waals surface area contributed by atoms with Crippen LogP contribution in [-0.2, 0) is 23.8 Å². The van der Waals surface area contributed by atoms with Crippen LogP contribution in [0.2, 0.25) is 0 Å². The topological polar surface area (TPSA) is 78.3 Å². The van der Waals surface area contributed by atoms with Gasteiger partial charge in [0.2, 0.25) is 0 Å². The fourth-order valence-corrected chi connectivity index (χ4v) is 6.55. The normalized spacial score (nSPS) is 50.8. The van der Waals surface area contributed by atoms with Crippen molar-refractivity contribution in [1.82, 2.24) is 0 Å². The van der Waals surface area contributed by atoms with E-state index in [1.807, 2.05) is 18.2 Å². The molecule has 4 heterocycles. The molecule has 4 fully saturated rings. The van der Waals surface area contributed by atoms with E-state index in [2.05, 4.69) is 6.92 Å². The smallest absolute Gasteiger partial charge is 0.313 e. The quantitative estimate of drug-likeness (QED) is 0.437. The number of carbonyl (C=O) groups excluding carboxylic acids is 2. The average Bonchev–Trinajstić information content (AvgIpc) is 2.99. The largest absolute Gasteiger partial charge is 0.472 e. The zero-order chi connectivity index (χ0) is 17.7. The Hall–Kier alpha value is -2.08. The lowest BCUT2D eigenvalue weighted by Gasteiger charge is -2.57. The molecule has 0 aromatic carbocycles. The number of ether oxygens (including phenoxy) is 3. The van der Waals surface area contributed by atoms with Crippen LogP contribution in [0, 0.1) is 22.7 Å². The molecule has 2 aliphatic carbocycles. The third kappa shape index (κ3) is 1.43. The van der Waals surface area contributed by atoms with Crippen molar-refractivity contribution in [3.8, 4) is 0 Å². The number of rotatable bonds is 1. The van der Waals surface area contributed by atoms with Crippen LogP contribution in [0.4, 0.5) is 0 Å². The summed E-state index contributed by atoms with van der Waals surface area (Å²) < 4.78 is 22.8. The number of carbonyl (C=O) groups is 2. The fourth-order valence-electron chi connectivity index (χ4n) is 6.55. The third-order valence-corrected chi connectivity index (χ3v) is 7.76. The molecule has 3 saturated heterocycles. The van der Waals surface area contributed by atoms with Crippen molar-refractivity contribution in [2.45, 2.75) is 44.0 Å². The summed E-state index contributed by atoms with van der Waals surface area (Å²) in [6, 6.07) is 1.84. The van der Waals surface area contributed by atoms with Gasteiger partial charge >= 0.3 is 11.9 Å². The van der Waals surface area contributed by atoms with Crippen molar-refractivity contribution in [3.63, 3.8) is 0 Å². The molecule has 1 aromatic heterocycles. The van der Waals surface area contributed by atoms with Crippen molar-refractivity contribution in [1.29, 1.82) is 0 Å². The van der Waals surface area contributed by atoms with Crippen LogP contribution in [0.25, 0.3) is 0 Å². The maximum Gasteiger partial charge on any atom is 0.313 e. The molecular formula is C20H20O6. The summed E-state index contributed by atoms with van der Waals surface area (Å²) in [7, 11) is 0. The second-order valence-electron chi connectivity index (χ2n) is 8.60. The van der Waals surface area contributed by atoms with Crippen LogP contribution in [0.3, 0.4) is 0 Å². The molecule has 0 radical (unpaired) electrons. The second kappa shape index (κ2) is 4.42. The maximum atomic E-state index is 12.9. The SMILES string of the molecule is CC12CC(c3ccoc3)OC(=O)C1CCC13COC(=O)C1C=CC1OC123. The van der Waals surface area contributed by atoms with Crippen LogP contribution >= 0.6 is 0 Å². The number of fused-ring (bicyclic) bond motifs is 1. The minimum absolute atomic E-state index is 0.0584. The highest BCUT2D eigenvalue weighted by molar-refractivity contribution is 5.81. The lowest BCUT2D eigenvalue weighted by Crippen LogP contribution is -2.65. The molecule has 2 spiro atoms. The van der Waals surface area contributed by atoms with E-state index in [-0.39, 0.29) is 41.4 Å². The van der Waals surface area contributed by atoms with Gasteiger partial charge in [0.25, 0.3) is 0 Å². The van der Waals surface area contributed by atoms with Crippen LogP contribution in [0.1, 0.15) is 37.9 Å². The zero-order valence-electron chi connectivity index (χ0n) is 14.5. The molecule has 1 saturated carbocycles. The first-order valence-corrected chi connectivity index (χ1v) is 9.27. The minimum Gasteiger partial charge on any atom is -0.472 e. The highest BCUT2D eigenvalue weighted by Gasteiger charge is 2.84. The van der Waals surface area contributed by atoms with Crippen molar-refractivity contribution < 1.29 is 28.2 Å². The van der Waals surface area contributed by atoms with E-state index in [1.54, 1.807) is 12.5 Å². The Morgan fingerprint density at radius 3 is 2.88 bits per heavy atom. The standard InChI is InChI=1S/C20H20O6/c1-18-8-14(11-5-7-23-9-11)25-17(22)12(18)4-6-19-10-24-16(21)13(19)2-3-15-20(18,19)26-15/h2-3,5,7,9,12-15H,4,6,8,10H2,1H3. The molecule has 0 amide bonds. The Morgan fingerprint density at radius 1 is 1.19 bits per heavy atom. The Labute approximate surface area is 150 Å². The lowest BCUT2D eigenvalue weighted by molar-refractivity contribution is -0.198. The third-order valence-electron chi connectivity index (χ3n) is 7.76. The van der Waals surface area contributed by atoms with Crippen LogP contribution < -0.4 is 0 Å². The predicted octanol–water partition coefficient (Wildman–Crippen LogP) is 2.55. The molecule has 3 aliphatic heterocycles. The van der Waals surface area contributed by atoms with Crippen molar-refractivity contribution in [2.75, 3.05) is 6.61 Å². The van der Waals surface area contributed by atoms with E-state index in [0.717, 1.165) is 12.0 Å². The molecule has 7 atom stereocenters. The Bertz CT molecular complexity index is 842. The summed E-state index contributed by atoms with van der Waals surface area (Å²) in [5.41, 5.74) is -0.444.